The highest BCUT2D eigenvalue weighted by molar-refractivity contribution is 7.21. The van der Waals surface area contributed by atoms with E-state index in [1.54, 1.807) is 12.3 Å². The van der Waals surface area contributed by atoms with Crippen LogP contribution in [0.4, 0.5) is 4.79 Å². The third-order valence-electron chi connectivity index (χ3n) is 5.44. The van der Waals surface area contributed by atoms with Crippen molar-refractivity contribution in [2.24, 2.45) is 13.0 Å². The van der Waals surface area contributed by atoms with E-state index in [1.165, 1.54) is 25.8 Å². The van der Waals surface area contributed by atoms with Crippen LogP contribution in [-0.2, 0) is 18.4 Å². The maximum absolute atomic E-state index is 13.7. The molecule has 0 radical (unpaired) electrons. The average molecular weight is 485 g/mol. The molecular formula is C23H24N4O6S. The zero-order chi connectivity index (χ0) is 24.7. The molecule has 0 unspecified atom stereocenters. The summed E-state index contributed by atoms with van der Waals surface area (Å²) in [6, 6.07) is 7.28. The van der Waals surface area contributed by atoms with Crippen molar-refractivity contribution in [2.45, 2.75) is 20.4 Å². The summed E-state index contributed by atoms with van der Waals surface area (Å²) in [6.07, 6.45) is 0.655. The summed E-state index contributed by atoms with van der Waals surface area (Å²) in [4.78, 5) is 60.6. The summed E-state index contributed by atoms with van der Waals surface area (Å²) in [7, 11) is 3.97. The van der Waals surface area contributed by atoms with Crippen LogP contribution < -0.4 is 16.0 Å². The SMILES string of the molecule is CON(C)C(=O)Oc1c(C(=O)c2c[nH]c3ccccc23)sc2c1c(=O)n(C)c(=O)n2CC(C)C. The molecule has 1 N–H and O–H groups in total. The summed E-state index contributed by atoms with van der Waals surface area (Å²) < 4.78 is 7.92. The topological polar surface area (TPSA) is 116 Å². The number of thiophene rings is 1. The first-order valence-corrected chi connectivity index (χ1v) is 11.3. The van der Waals surface area contributed by atoms with Crippen molar-refractivity contribution in [3.05, 3.63) is 61.7 Å². The molecule has 11 heteroatoms. The fraction of sp³-hybridized carbons (Fsp3) is 0.304. The summed E-state index contributed by atoms with van der Waals surface area (Å²) in [5.41, 5.74) is -0.0473. The monoisotopic (exact) mass is 484 g/mol. The number of carbonyl (C=O) groups excluding carboxylic acids is 2. The van der Waals surface area contributed by atoms with Crippen molar-refractivity contribution in [1.29, 1.82) is 0 Å². The number of rotatable bonds is 6. The molecule has 178 valence electrons. The van der Waals surface area contributed by atoms with Gasteiger partial charge in [0, 0.05) is 43.3 Å². The van der Waals surface area contributed by atoms with Crippen LogP contribution in [-0.4, -0.2) is 45.2 Å². The number of ketones is 1. The van der Waals surface area contributed by atoms with Crippen molar-refractivity contribution in [3.8, 4) is 5.75 Å². The van der Waals surface area contributed by atoms with Gasteiger partial charge in [-0.3, -0.25) is 23.6 Å². The molecule has 0 fully saturated rings. The lowest BCUT2D eigenvalue weighted by Gasteiger charge is -2.14. The maximum Gasteiger partial charge on any atom is 0.439 e. The molecule has 34 heavy (non-hydrogen) atoms. The Morgan fingerprint density at radius 1 is 1.21 bits per heavy atom. The van der Waals surface area contributed by atoms with Gasteiger partial charge in [0.25, 0.3) is 5.56 Å². The number of H-pyrrole nitrogens is 1. The minimum atomic E-state index is -0.918. The Morgan fingerprint density at radius 2 is 1.91 bits per heavy atom. The molecule has 3 heterocycles. The zero-order valence-electron chi connectivity index (χ0n) is 19.4. The predicted molar refractivity (Wildman–Crippen MR) is 129 cm³/mol. The minimum absolute atomic E-state index is 0.00575. The van der Waals surface area contributed by atoms with Gasteiger partial charge in [0.15, 0.2) is 5.75 Å². The lowest BCUT2D eigenvalue weighted by molar-refractivity contribution is -0.0789. The summed E-state index contributed by atoms with van der Waals surface area (Å²) >= 11 is 0.955. The molecule has 1 aromatic carbocycles. The number of aromatic nitrogens is 3. The quantitative estimate of drug-likeness (QED) is 0.332. The van der Waals surface area contributed by atoms with Crippen LogP contribution >= 0.6 is 11.3 Å². The normalized spacial score (nSPS) is 11.5. The molecule has 3 aromatic heterocycles. The van der Waals surface area contributed by atoms with Gasteiger partial charge in [-0.2, -0.15) is 5.06 Å². The Bertz CT molecular complexity index is 1540. The molecule has 0 bridgehead atoms. The number of hydrogen-bond acceptors (Lipinski definition) is 7. The average Bonchev–Trinajstić information content (AvgIpc) is 3.41. The predicted octanol–water partition coefficient (Wildman–Crippen LogP) is 3.12. The standard InChI is InChI=1S/C23H24N4O6S/c1-12(2)11-27-21-16(20(29)25(3)22(27)30)18(33-23(31)26(4)32-5)19(34-21)17(28)14-10-24-15-9-7-6-8-13(14)15/h6-10,12,24H,11H2,1-5H3. The van der Waals surface area contributed by atoms with E-state index in [4.69, 9.17) is 9.57 Å². The Morgan fingerprint density at radius 3 is 2.59 bits per heavy atom. The zero-order valence-corrected chi connectivity index (χ0v) is 20.2. The second-order valence-electron chi connectivity index (χ2n) is 8.22. The number of nitrogens with zero attached hydrogens (tertiary/aromatic N) is 3. The van der Waals surface area contributed by atoms with Crippen molar-refractivity contribution in [1.82, 2.24) is 19.2 Å². The third kappa shape index (κ3) is 3.82. The van der Waals surface area contributed by atoms with E-state index in [0.717, 1.165) is 26.5 Å². The largest absolute Gasteiger partial charge is 0.439 e. The van der Waals surface area contributed by atoms with Gasteiger partial charge < -0.3 is 9.72 Å². The van der Waals surface area contributed by atoms with Crippen LogP contribution in [0.2, 0.25) is 0 Å². The van der Waals surface area contributed by atoms with E-state index >= 15 is 0 Å². The molecule has 10 nitrogen and oxygen atoms in total. The number of aromatic amines is 1. The van der Waals surface area contributed by atoms with Gasteiger partial charge in [0.2, 0.25) is 5.78 Å². The fourth-order valence-electron chi connectivity index (χ4n) is 3.69. The maximum atomic E-state index is 13.7. The van der Waals surface area contributed by atoms with Crippen LogP contribution in [0.5, 0.6) is 5.75 Å². The first-order valence-electron chi connectivity index (χ1n) is 10.5. The number of para-hydroxylation sites is 1. The number of hydroxylamine groups is 2. The second-order valence-corrected chi connectivity index (χ2v) is 9.22. The molecular weight excluding hydrogens is 460 g/mol. The van der Waals surface area contributed by atoms with Gasteiger partial charge >= 0.3 is 11.8 Å². The smallest absolute Gasteiger partial charge is 0.406 e. The van der Waals surface area contributed by atoms with E-state index in [2.05, 4.69) is 4.98 Å². The molecule has 0 atom stereocenters. The highest BCUT2D eigenvalue weighted by Crippen LogP contribution is 2.38. The van der Waals surface area contributed by atoms with Crippen LogP contribution in [0.25, 0.3) is 21.1 Å². The highest BCUT2D eigenvalue weighted by atomic mass is 32.1. The number of ether oxygens (including phenoxy) is 1. The van der Waals surface area contributed by atoms with Gasteiger partial charge in [-0.15, -0.1) is 11.3 Å². The first kappa shape index (κ1) is 23.5. The number of hydrogen-bond donors (Lipinski definition) is 1. The number of fused-ring (bicyclic) bond motifs is 2. The molecule has 0 aliphatic rings. The van der Waals surface area contributed by atoms with Gasteiger partial charge in [-0.25, -0.2) is 9.59 Å². The number of amides is 1. The Kier molecular flexibility index (Phi) is 6.15. The van der Waals surface area contributed by atoms with Gasteiger partial charge in [-0.05, 0) is 12.0 Å². The highest BCUT2D eigenvalue weighted by Gasteiger charge is 2.30. The van der Waals surface area contributed by atoms with E-state index < -0.39 is 23.1 Å². The first-order chi connectivity index (χ1) is 16.1. The Hall–Kier alpha value is -3.70. The lowest BCUT2D eigenvalue weighted by Crippen LogP contribution is -2.38. The molecule has 0 saturated carbocycles. The van der Waals surface area contributed by atoms with Gasteiger partial charge in [-0.1, -0.05) is 32.0 Å². The Balaban J connectivity index is 2.03. The molecule has 4 rings (SSSR count). The van der Waals surface area contributed by atoms with Crippen molar-refractivity contribution in [3.63, 3.8) is 0 Å². The minimum Gasteiger partial charge on any atom is -0.406 e. The van der Waals surface area contributed by atoms with Gasteiger partial charge in [0.1, 0.15) is 15.1 Å². The van der Waals surface area contributed by atoms with Crippen molar-refractivity contribution < 1.29 is 19.2 Å². The van der Waals surface area contributed by atoms with Crippen LogP contribution in [0.1, 0.15) is 29.1 Å². The van der Waals surface area contributed by atoms with E-state index in [9.17, 15) is 19.2 Å². The van der Waals surface area contributed by atoms with Crippen LogP contribution in [0.3, 0.4) is 0 Å². The van der Waals surface area contributed by atoms with Crippen LogP contribution in [0.15, 0.2) is 40.1 Å². The number of benzene rings is 1. The number of carbonyl (C=O) groups is 2. The summed E-state index contributed by atoms with van der Waals surface area (Å²) in [6.45, 7) is 4.18. The molecule has 0 spiro atoms. The lowest BCUT2D eigenvalue weighted by atomic mass is 10.1. The third-order valence-corrected chi connectivity index (χ3v) is 6.63. The molecule has 0 saturated heterocycles. The second kappa shape index (κ2) is 8.92. The molecule has 0 aliphatic carbocycles. The van der Waals surface area contributed by atoms with E-state index in [0.29, 0.717) is 17.5 Å². The number of nitrogens with one attached hydrogen (secondary N) is 1. The molecule has 4 aromatic rings. The summed E-state index contributed by atoms with van der Waals surface area (Å²) in [5.74, 6) is -0.548. The Labute approximate surface area is 197 Å². The van der Waals surface area contributed by atoms with E-state index in [-0.39, 0.29) is 26.8 Å². The van der Waals surface area contributed by atoms with Crippen LogP contribution in [0, 0.1) is 5.92 Å². The van der Waals surface area contributed by atoms with Gasteiger partial charge in [0.05, 0.1) is 7.11 Å². The summed E-state index contributed by atoms with van der Waals surface area (Å²) in [5, 5.41) is 1.51. The van der Waals surface area contributed by atoms with Crippen molar-refractivity contribution >= 4 is 44.3 Å². The fourth-order valence-corrected chi connectivity index (χ4v) is 4.86. The molecule has 0 aliphatic heterocycles. The van der Waals surface area contributed by atoms with E-state index in [1.807, 2.05) is 32.0 Å². The van der Waals surface area contributed by atoms with Crippen molar-refractivity contribution in [2.75, 3.05) is 14.2 Å². The molecule has 1 amide bonds.